The van der Waals surface area contributed by atoms with Gasteiger partial charge in [-0.1, -0.05) is 6.07 Å². The third kappa shape index (κ3) is 2.78. The lowest BCUT2D eigenvalue weighted by Gasteiger charge is -2.26. The van der Waals surface area contributed by atoms with E-state index in [1.165, 1.54) is 30.0 Å². The zero-order chi connectivity index (χ0) is 15.7. The van der Waals surface area contributed by atoms with Gasteiger partial charge in [0, 0.05) is 12.1 Å². The summed E-state index contributed by atoms with van der Waals surface area (Å²) >= 11 is 0. The van der Waals surface area contributed by atoms with E-state index in [0.717, 1.165) is 12.8 Å². The van der Waals surface area contributed by atoms with Gasteiger partial charge in [0.2, 0.25) is 0 Å². The smallest absolute Gasteiger partial charge is 0.326 e. The van der Waals surface area contributed by atoms with Gasteiger partial charge in [0.1, 0.15) is 11.7 Å². The molecule has 2 rings (SSSR count). The lowest BCUT2D eigenvalue weighted by atomic mass is 10.1. The number of nitro groups is 1. The molecule has 8 heteroatoms. The highest BCUT2D eigenvalue weighted by Crippen LogP contribution is 2.33. The van der Waals surface area contributed by atoms with E-state index in [2.05, 4.69) is 0 Å². The van der Waals surface area contributed by atoms with Gasteiger partial charge >= 0.3 is 5.97 Å². The van der Waals surface area contributed by atoms with Gasteiger partial charge < -0.3 is 15.7 Å². The second kappa shape index (κ2) is 5.39. The van der Waals surface area contributed by atoms with Gasteiger partial charge in [0.05, 0.1) is 10.5 Å². The number of hydrogen-bond acceptors (Lipinski definition) is 5. The molecular weight excluding hydrogens is 278 g/mol. The van der Waals surface area contributed by atoms with E-state index in [4.69, 9.17) is 10.8 Å². The Balaban J connectivity index is 2.40. The van der Waals surface area contributed by atoms with Crippen molar-refractivity contribution in [2.45, 2.75) is 31.8 Å². The molecule has 1 aliphatic carbocycles. The molecule has 1 aromatic carbocycles. The number of carboxylic acid groups (broad SMARTS) is 1. The Labute approximate surface area is 120 Å². The summed E-state index contributed by atoms with van der Waals surface area (Å²) in [6, 6.07) is 2.77. The minimum atomic E-state index is -1.13. The molecule has 8 nitrogen and oxygen atoms in total. The van der Waals surface area contributed by atoms with Gasteiger partial charge in [-0.3, -0.25) is 14.9 Å². The van der Waals surface area contributed by atoms with Crippen LogP contribution in [0.25, 0.3) is 0 Å². The van der Waals surface area contributed by atoms with Crippen molar-refractivity contribution >= 4 is 23.3 Å². The maximum Gasteiger partial charge on any atom is 0.326 e. The maximum atomic E-state index is 12.5. The fraction of sp³-hybridized carbons (Fsp3) is 0.385. The van der Waals surface area contributed by atoms with Crippen molar-refractivity contribution in [2.75, 3.05) is 5.73 Å². The molecule has 21 heavy (non-hydrogen) atoms. The quantitative estimate of drug-likeness (QED) is 0.478. The number of nitrogen functional groups attached to an aromatic ring is 1. The molecule has 1 aromatic rings. The van der Waals surface area contributed by atoms with Crippen molar-refractivity contribution in [3.8, 4) is 0 Å². The van der Waals surface area contributed by atoms with Crippen molar-refractivity contribution in [3.63, 3.8) is 0 Å². The molecule has 0 bridgehead atoms. The Kier molecular flexibility index (Phi) is 3.79. The van der Waals surface area contributed by atoms with Gasteiger partial charge in [-0.15, -0.1) is 0 Å². The van der Waals surface area contributed by atoms with E-state index in [1.54, 1.807) is 0 Å². The normalized spacial score (nSPS) is 15.3. The zero-order valence-corrected chi connectivity index (χ0v) is 11.4. The fourth-order valence-electron chi connectivity index (χ4n) is 2.17. The van der Waals surface area contributed by atoms with Crippen molar-refractivity contribution in [1.29, 1.82) is 0 Å². The molecule has 1 aliphatic rings. The van der Waals surface area contributed by atoms with Crippen molar-refractivity contribution in [1.82, 2.24) is 4.90 Å². The first-order valence-electron chi connectivity index (χ1n) is 6.43. The third-order valence-corrected chi connectivity index (χ3v) is 3.46. The number of anilines is 1. The minimum absolute atomic E-state index is 0.0378. The van der Waals surface area contributed by atoms with Crippen LogP contribution in [-0.2, 0) is 4.79 Å². The minimum Gasteiger partial charge on any atom is -0.480 e. The highest BCUT2D eigenvalue weighted by molar-refractivity contribution is 6.02. The summed E-state index contributed by atoms with van der Waals surface area (Å²) in [5, 5.41) is 20.0. The molecule has 1 amide bonds. The van der Waals surface area contributed by atoms with Crippen LogP contribution in [0.2, 0.25) is 0 Å². The monoisotopic (exact) mass is 293 g/mol. The molecule has 3 N–H and O–H groups in total. The first-order valence-corrected chi connectivity index (χ1v) is 6.43. The number of carbonyl (C=O) groups excluding carboxylic acids is 1. The summed E-state index contributed by atoms with van der Waals surface area (Å²) in [7, 11) is 0. The Bertz CT molecular complexity index is 612. The second-order valence-corrected chi connectivity index (χ2v) is 4.95. The summed E-state index contributed by atoms with van der Waals surface area (Å²) in [6.45, 7) is 1.41. The molecule has 1 unspecified atom stereocenters. The third-order valence-electron chi connectivity index (χ3n) is 3.46. The molecule has 1 fully saturated rings. The number of carbonyl (C=O) groups is 2. The lowest BCUT2D eigenvalue weighted by Crippen LogP contribution is -2.45. The Morgan fingerprint density at radius 1 is 1.48 bits per heavy atom. The molecule has 0 aromatic heterocycles. The molecule has 0 saturated heterocycles. The number of aliphatic carboxylic acids is 1. The largest absolute Gasteiger partial charge is 0.480 e. The SMILES string of the molecule is CC(C(=O)O)N(C(=O)c1cccc([N+](=O)[O-])c1N)C1CC1. The number of amides is 1. The van der Waals surface area contributed by atoms with Gasteiger partial charge in [0.15, 0.2) is 0 Å². The highest BCUT2D eigenvalue weighted by Gasteiger charge is 2.39. The van der Waals surface area contributed by atoms with Crippen LogP contribution in [0.5, 0.6) is 0 Å². The zero-order valence-electron chi connectivity index (χ0n) is 11.4. The molecule has 0 aliphatic heterocycles. The van der Waals surface area contributed by atoms with Crippen LogP contribution in [0.3, 0.4) is 0 Å². The topological polar surface area (TPSA) is 127 Å². The molecule has 0 heterocycles. The van der Waals surface area contributed by atoms with E-state index in [0.29, 0.717) is 0 Å². The van der Waals surface area contributed by atoms with Gasteiger partial charge in [-0.25, -0.2) is 4.79 Å². The fourth-order valence-corrected chi connectivity index (χ4v) is 2.17. The summed E-state index contributed by atoms with van der Waals surface area (Å²) in [6.07, 6.45) is 1.44. The lowest BCUT2D eigenvalue weighted by molar-refractivity contribution is -0.383. The number of nitro benzene ring substituents is 1. The van der Waals surface area contributed by atoms with Crippen molar-refractivity contribution < 1.29 is 19.6 Å². The Morgan fingerprint density at radius 3 is 2.57 bits per heavy atom. The first-order chi connectivity index (χ1) is 9.84. The number of para-hydroxylation sites is 1. The molecular formula is C13H15N3O5. The van der Waals surface area contributed by atoms with Gasteiger partial charge in [-0.05, 0) is 25.8 Å². The standard InChI is InChI=1S/C13H15N3O5/c1-7(13(18)19)15(8-5-6-8)12(17)9-3-2-4-10(11(9)14)16(20)21/h2-4,7-8H,5-6,14H2,1H3,(H,18,19). The number of carboxylic acids is 1. The van der Waals surface area contributed by atoms with Crippen LogP contribution < -0.4 is 5.73 Å². The van der Waals surface area contributed by atoms with E-state index < -0.39 is 22.8 Å². The maximum absolute atomic E-state index is 12.5. The average Bonchev–Trinajstić information content (AvgIpc) is 3.23. The predicted octanol–water partition coefficient (Wildman–Crippen LogP) is 1.25. The molecule has 112 valence electrons. The molecule has 0 radical (unpaired) electrons. The van der Waals surface area contributed by atoms with Gasteiger partial charge in [-0.2, -0.15) is 0 Å². The van der Waals surface area contributed by atoms with Crippen LogP contribution in [0.15, 0.2) is 18.2 Å². The van der Waals surface area contributed by atoms with Crippen LogP contribution in [0.1, 0.15) is 30.1 Å². The van der Waals surface area contributed by atoms with Crippen LogP contribution in [0.4, 0.5) is 11.4 Å². The number of benzene rings is 1. The summed E-state index contributed by atoms with van der Waals surface area (Å²) < 4.78 is 0. The average molecular weight is 293 g/mol. The number of nitrogens with two attached hydrogens (primary N) is 1. The summed E-state index contributed by atoms with van der Waals surface area (Å²) in [4.78, 5) is 35.1. The Morgan fingerprint density at radius 2 is 2.10 bits per heavy atom. The van der Waals surface area contributed by atoms with E-state index in [9.17, 15) is 19.7 Å². The highest BCUT2D eigenvalue weighted by atomic mass is 16.6. The number of hydrogen-bond donors (Lipinski definition) is 2. The van der Waals surface area contributed by atoms with Crippen LogP contribution >= 0.6 is 0 Å². The van der Waals surface area contributed by atoms with Crippen molar-refractivity contribution in [2.24, 2.45) is 0 Å². The number of rotatable bonds is 5. The molecule has 0 spiro atoms. The predicted molar refractivity (Wildman–Crippen MR) is 73.8 cm³/mol. The molecule has 1 saturated carbocycles. The van der Waals surface area contributed by atoms with E-state index in [1.807, 2.05) is 0 Å². The van der Waals surface area contributed by atoms with Crippen molar-refractivity contribution in [3.05, 3.63) is 33.9 Å². The van der Waals surface area contributed by atoms with E-state index in [-0.39, 0.29) is 23.0 Å². The molecule has 1 atom stereocenters. The van der Waals surface area contributed by atoms with Gasteiger partial charge in [0.25, 0.3) is 11.6 Å². The van der Waals surface area contributed by atoms with Crippen LogP contribution in [0, 0.1) is 10.1 Å². The number of nitrogens with zero attached hydrogens (tertiary/aromatic N) is 2. The summed E-state index contributed by atoms with van der Waals surface area (Å²) in [5.41, 5.74) is 5.04. The second-order valence-electron chi connectivity index (χ2n) is 4.95. The first kappa shape index (κ1) is 14.8. The van der Waals surface area contributed by atoms with Crippen LogP contribution in [-0.4, -0.2) is 38.9 Å². The Hall–Kier alpha value is -2.64. The summed E-state index contributed by atoms with van der Waals surface area (Å²) in [5.74, 6) is -1.71. The van der Waals surface area contributed by atoms with E-state index >= 15 is 0 Å².